The van der Waals surface area contributed by atoms with Crippen LogP contribution in [0.25, 0.3) is 29.3 Å². The molecule has 0 amide bonds. The monoisotopic (exact) mass is 697 g/mol. The van der Waals surface area contributed by atoms with Crippen LogP contribution in [0, 0.1) is 6.92 Å². The molecule has 0 radical (unpaired) electrons. The third-order valence-electron chi connectivity index (χ3n) is 7.31. The number of hydrogen-bond acceptors (Lipinski definition) is 10. The first-order chi connectivity index (χ1) is 23.7. The molecule has 6 aromatic rings. The van der Waals surface area contributed by atoms with Gasteiger partial charge in [-0.3, -0.25) is 4.72 Å². The van der Waals surface area contributed by atoms with E-state index >= 15 is 0 Å². The summed E-state index contributed by atoms with van der Waals surface area (Å²) < 4.78 is 51.4. The van der Waals surface area contributed by atoms with Gasteiger partial charge >= 0.3 is 0 Å². The van der Waals surface area contributed by atoms with Crippen LogP contribution in [0.4, 0.5) is 5.69 Å². The lowest BCUT2D eigenvalue weighted by molar-refractivity contribution is 0.275. The number of aryl methyl sites for hydroxylation is 2. The maximum Gasteiger partial charge on any atom is 0.240 e. The van der Waals surface area contributed by atoms with Crippen molar-refractivity contribution in [2.24, 2.45) is 0 Å². The van der Waals surface area contributed by atoms with E-state index in [0.29, 0.717) is 46.0 Å². The third-order valence-corrected chi connectivity index (χ3v) is 8.92. The van der Waals surface area contributed by atoms with Gasteiger partial charge in [0.1, 0.15) is 24.7 Å². The van der Waals surface area contributed by atoms with Crippen LogP contribution in [0.1, 0.15) is 40.2 Å². The Morgan fingerprint density at radius 3 is 2.55 bits per heavy atom. The summed E-state index contributed by atoms with van der Waals surface area (Å²) in [5.74, 6) is 2.49. The second-order valence-electron chi connectivity index (χ2n) is 11.1. The van der Waals surface area contributed by atoms with Crippen LogP contribution in [-0.2, 0) is 29.7 Å². The summed E-state index contributed by atoms with van der Waals surface area (Å²) in [4.78, 5) is 9.23. The van der Waals surface area contributed by atoms with Crippen molar-refractivity contribution in [2.45, 2.75) is 33.5 Å². The zero-order chi connectivity index (χ0) is 34.4. The van der Waals surface area contributed by atoms with Crippen molar-refractivity contribution in [3.8, 4) is 34.5 Å². The van der Waals surface area contributed by atoms with E-state index in [1.807, 2.05) is 72.3 Å². The second-order valence-corrected chi connectivity index (χ2v) is 13.8. The van der Waals surface area contributed by atoms with Crippen LogP contribution in [-0.4, -0.2) is 41.5 Å². The predicted molar refractivity (Wildman–Crippen MR) is 191 cm³/mol. The molecule has 0 unspecified atom stereocenters. The van der Waals surface area contributed by atoms with E-state index in [4.69, 9.17) is 23.7 Å². The molecule has 6 rings (SSSR count). The zero-order valence-electron chi connectivity index (χ0n) is 27.4. The molecule has 0 saturated heterocycles. The van der Waals surface area contributed by atoms with Gasteiger partial charge in [0.25, 0.3) is 0 Å². The van der Waals surface area contributed by atoms with Gasteiger partial charge in [-0.25, -0.2) is 23.1 Å². The van der Waals surface area contributed by atoms with Crippen molar-refractivity contribution in [3.63, 3.8) is 0 Å². The van der Waals surface area contributed by atoms with E-state index in [9.17, 15) is 8.42 Å². The molecule has 13 heteroatoms. The molecule has 1 N–H and O–H groups in total. The predicted octanol–water partition coefficient (Wildman–Crippen LogP) is 7.56. The highest BCUT2D eigenvalue weighted by Gasteiger charge is 2.16. The number of oxazole rings is 1. The molecular weight excluding hydrogens is 663 g/mol. The summed E-state index contributed by atoms with van der Waals surface area (Å²) in [6, 6.07) is 22.3. The number of anilines is 1. The fourth-order valence-electron chi connectivity index (χ4n) is 4.88. The van der Waals surface area contributed by atoms with Crippen LogP contribution in [0.3, 0.4) is 0 Å². The van der Waals surface area contributed by atoms with E-state index in [1.54, 1.807) is 54.3 Å². The number of aromatic nitrogens is 4. The maximum atomic E-state index is 11.7. The van der Waals surface area contributed by atoms with Gasteiger partial charge in [-0.1, -0.05) is 37.3 Å². The Bertz CT molecular complexity index is 2190. The molecule has 0 aliphatic carbocycles. The van der Waals surface area contributed by atoms with Gasteiger partial charge in [-0.2, -0.15) is 0 Å². The number of ether oxygens (including phenoxy) is 3. The minimum absolute atomic E-state index is 0.133. The summed E-state index contributed by atoms with van der Waals surface area (Å²) in [6.45, 7) is 4.27. The molecule has 49 heavy (non-hydrogen) atoms. The Morgan fingerprint density at radius 1 is 0.959 bits per heavy atom. The molecule has 0 bridgehead atoms. The third kappa shape index (κ3) is 8.55. The first-order valence-corrected chi connectivity index (χ1v) is 18.2. The van der Waals surface area contributed by atoms with E-state index < -0.39 is 10.0 Å². The molecular formula is C36H35N5O6S2. The van der Waals surface area contributed by atoms with Crippen LogP contribution >= 0.6 is 11.3 Å². The average molecular weight is 698 g/mol. The SMILES string of the molecule is CCc1nc(C=Cc2cn(-c3ccccc3)nc2OCc2ccc(OCc3nc(-c4cccc(NS(C)(=O)=O)c4)oc3C)c(OC)c2)cs1. The number of methoxy groups -OCH3 is 1. The Hall–Kier alpha value is -5.40. The molecule has 0 aliphatic rings. The van der Waals surface area contributed by atoms with Crippen molar-refractivity contribution in [2.75, 3.05) is 18.1 Å². The average Bonchev–Trinajstić information content (AvgIpc) is 3.83. The number of thiazole rings is 1. The normalized spacial score (nSPS) is 11.6. The molecule has 0 saturated carbocycles. The number of nitrogens with zero attached hydrogens (tertiary/aromatic N) is 4. The molecule has 0 atom stereocenters. The summed E-state index contributed by atoms with van der Waals surface area (Å²) in [5.41, 5.74) is 5.15. The standard InChI is InChI=1S/C36H35N5O6S2/c1-5-34-37-29(23-48-34)16-15-27-20-41(30-12-7-6-8-13-30)39-36(27)46-21-25-14-17-32(33(18-25)44-3)45-22-31-24(2)47-35(38-31)26-10-9-11-28(19-26)40-49(4,42)43/h6-20,23,40H,5,21-22H2,1-4H3. The van der Waals surface area contributed by atoms with Crippen molar-refractivity contribution >= 4 is 39.2 Å². The number of hydrogen-bond donors (Lipinski definition) is 1. The number of para-hydroxylation sites is 1. The summed E-state index contributed by atoms with van der Waals surface area (Å²) in [6.07, 6.45) is 7.87. The first kappa shape index (κ1) is 33.5. The maximum absolute atomic E-state index is 11.7. The largest absolute Gasteiger partial charge is 0.493 e. The lowest BCUT2D eigenvalue weighted by atomic mass is 10.2. The van der Waals surface area contributed by atoms with Crippen LogP contribution in [0.2, 0.25) is 0 Å². The number of benzene rings is 3. The van der Waals surface area contributed by atoms with E-state index in [1.165, 1.54) is 0 Å². The molecule has 0 spiro atoms. The Kier molecular flexibility index (Phi) is 10.1. The number of sulfonamides is 1. The van der Waals surface area contributed by atoms with Gasteiger partial charge in [0.05, 0.1) is 35.3 Å². The highest BCUT2D eigenvalue weighted by Crippen LogP contribution is 2.31. The Morgan fingerprint density at radius 2 is 1.80 bits per heavy atom. The zero-order valence-corrected chi connectivity index (χ0v) is 29.0. The van der Waals surface area contributed by atoms with Crippen molar-refractivity contribution < 1.29 is 27.0 Å². The Balaban J connectivity index is 1.15. The molecule has 3 aromatic carbocycles. The Labute approximate surface area is 288 Å². The summed E-state index contributed by atoms with van der Waals surface area (Å²) in [7, 11) is -1.84. The lowest BCUT2D eigenvalue weighted by Crippen LogP contribution is -2.09. The molecule has 3 heterocycles. The van der Waals surface area contributed by atoms with Gasteiger partial charge in [0.15, 0.2) is 11.5 Å². The van der Waals surface area contributed by atoms with Crippen LogP contribution in [0.15, 0.2) is 88.8 Å². The van der Waals surface area contributed by atoms with Gasteiger partial charge in [0.2, 0.25) is 21.8 Å². The van der Waals surface area contributed by atoms with E-state index in [2.05, 4.69) is 21.6 Å². The molecule has 0 aliphatic heterocycles. The lowest BCUT2D eigenvalue weighted by Gasteiger charge is -2.12. The molecule has 252 valence electrons. The molecule has 3 aromatic heterocycles. The van der Waals surface area contributed by atoms with Crippen molar-refractivity contribution in [1.82, 2.24) is 19.7 Å². The minimum Gasteiger partial charge on any atom is -0.493 e. The van der Waals surface area contributed by atoms with Gasteiger partial charge in [0, 0.05) is 22.8 Å². The van der Waals surface area contributed by atoms with Gasteiger partial charge in [-0.05, 0) is 73.5 Å². The second kappa shape index (κ2) is 14.8. The van der Waals surface area contributed by atoms with Gasteiger partial charge in [-0.15, -0.1) is 16.4 Å². The van der Waals surface area contributed by atoms with Crippen molar-refractivity contribution in [3.05, 3.63) is 118 Å². The van der Waals surface area contributed by atoms with E-state index in [0.717, 1.165) is 40.2 Å². The fraction of sp³-hybridized carbons (Fsp3) is 0.194. The summed E-state index contributed by atoms with van der Waals surface area (Å²) in [5, 5.41) is 7.85. The first-order valence-electron chi connectivity index (χ1n) is 15.4. The molecule has 0 fully saturated rings. The smallest absolute Gasteiger partial charge is 0.240 e. The molecule has 11 nitrogen and oxygen atoms in total. The van der Waals surface area contributed by atoms with Crippen LogP contribution in [0.5, 0.6) is 17.4 Å². The number of nitrogens with one attached hydrogen (secondary N) is 1. The topological polar surface area (TPSA) is 131 Å². The van der Waals surface area contributed by atoms with Crippen LogP contribution < -0.4 is 18.9 Å². The minimum atomic E-state index is -3.42. The highest BCUT2D eigenvalue weighted by molar-refractivity contribution is 7.92. The fourth-order valence-corrected chi connectivity index (χ4v) is 6.15. The van der Waals surface area contributed by atoms with Gasteiger partial charge < -0.3 is 18.6 Å². The van der Waals surface area contributed by atoms with E-state index in [-0.39, 0.29) is 13.2 Å². The number of rotatable bonds is 14. The van der Waals surface area contributed by atoms with Crippen molar-refractivity contribution in [1.29, 1.82) is 0 Å². The highest BCUT2D eigenvalue weighted by atomic mass is 32.2. The summed E-state index contributed by atoms with van der Waals surface area (Å²) >= 11 is 1.64. The quantitative estimate of drug-likeness (QED) is 0.123.